The van der Waals surface area contributed by atoms with Gasteiger partial charge in [-0.05, 0) is 71.0 Å². The highest BCUT2D eigenvalue weighted by atomic mass is 32.3. The number of alkyl halides is 9. The first-order valence-electron chi connectivity index (χ1n) is 11.7. The molecule has 0 aliphatic rings. The summed E-state index contributed by atoms with van der Waals surface area (Å²) in [7, 11) is -11.7. The van der Waals surface area contributed by atoms with Crippen molar-refractivity contribution in [2.75, 3.05) is 0 Å². The summed E-state index contributed by atoms with van der Waals surface area (Å²) >= 11 is 0. The van der Waals surface area contributed by atoms with Gasteiger partial charge in [-0.2, -0.15) is 47.9 Å². The second-order valence-electron chi connectivity index (χ2n) is 8.68. The molecule has 0 radical (unpaired) electrons. The van der Waals surface area contributed by atoms with Crippen LogP contribution in [0.15, 0.2) is 93.5 Å². The first-order valence-corrected chi connectivity index (χ1v) is 14.7. The molecular weight excluding hydrogens is 659 g/mol. The standard InChI is InChI=1S/C26H19F9O7S2/c1-16(36)40-18-8-12-21(13-9-18)43(20-6-4-3-5-7-20,22-14-10-19(11-15-22)41-17(2)37)42-44(38,39)26(34,35)24(29,30)23(27,28)25(31,32)33/h3-15H,1-2H3. The zero-order valence-electron chi connectivity index (χ0n) is 22.1. The number of halogens is 9. The van der Waals surface area contributed by atoms with Gasteiger partial charge in [0.1, 0.15) is 11.5 Å². The maximum Gasteiger partial charge on any atom is 0.460 e. The van der Waals surface area contributed by atoms with Gasteiger partial charge in [-0.15, -0.1) is 0 Å². The number of carbonyl (C=O) groups excluding carboxylic acids is 2. The highest BCUT2D eigenvalue weighted by molar-refractivity contribution is 8.33. The minimum atomic E-state index is -7.56. The van der Waals surface area contributed by atoms with Crippen LogP contribution in [-0.4, -0.2) is 43.6 Å². The topological polar surface area (TPSA) is 96.0 Å². The summed E-state index contributed by atoms with van der Waals surface area (Å²) in [5.41, 5.74) is 0. The van der Waals surface area contributed by atoms with Crippen molar-refractivity contribution in [3.8, 4) is 11.5 Å². The molecule has 0 spiro atoms. The molecule has 0 aliphatic heterocycles. The van der Waals surface area contributed by atoms with E-state index in [4.69, 9.17) is 13.1 Å². The van der Waals surface area contributed by atoms with Crippen molar-refractivity contribution in [3.63, 3.8) is 0 Å². The second-order valence-corrected chi connectivity index (χ2v) is 13.2. The van der Waals surface area contributed by atoms with Gasteiger partial charge in [0.25, 0.3) is 0 Å². The molecule has 7 nitrogen and oxygen atoms in total. The van der Waals surface area contributed by atoms with Gasteiger partial charge in [0.2, 0.25) is 0 Å². The zero-order chi connectivity index (χ0) is 33.4. The summed E-state index contributed by atoms with van der Waals surface area (Å²) in [5.74, 6) is -17.0. The van der Waals surface area contributed by atoms with Crippen LogP contribution in [0.1, 0.15) is 13.8 Å². The molecule has 3 aromatic rings. The summed E-state index contributed by atoms with van der Waals surface area (Å²) in [6, 6.07) is 14.0. The van der Waals surface area contributed by atoms with Crippen LogP contribution in [-0.2, 0) is 23.3 Å². The Bertz CT molecular complexity index is 1550. The molecule has 0 aromatic heterocycles. The SMILES string of the molecule is CC(=O)Oc1ccc(S(OS(=O)(=O)C(F)(F)C(F)(F)C(F)(F)C(F)(F)F)(c2ccccc2)c2ccc(OC(C)=O)cc2)cc1. The lowest BCUT2D eigenvalue weighted by molar-refractivity contribution is -0.382. The van der Waals surface area contributed by atoms with Crippen molar-refractivity contribution in [1.29, 1.82) is 0 Å². The number of hydrogen-bond donors (Lipinski definition) is 0. The Morgan fingerprint density at radius 2 is 0.932 bits per heavy atom. The number of rotatable bonds is 10. The second kappa shape index (κ2) is 12.0. The largest absolute Gasteiger partial charge is 0.460 e. The van der Waals surface area contributed by atoms with Gasteiger partial charge in [-0.3, -0.25) is 9.59 Å². The Hall–Kier alpha value is -3.77. The summed E-state index contributed by atoms with van der Waals surface area (Å²) in [6.45, 7) is 2.04. The van der Waals surface area contributed by atoms with E-state index in [0.29, 0.717) is 0 Å². The van der Waals surface area contributed by atoms with Crippen molar-refractivity contribution in [2.45, 2.75) is 51.8 Å². The first-order chi connectivity index (χ1) is 20.1. The van der Waals surface area contributed by atoms with Gasteiger partial charge >= 0.3 is 45.3 Å². The third-order valence-electron chi connectivity index (χ3n) is 5.53. The molecule has 0 heterocycles. The maximum atomic E-state index is 15.0. The predicted molar refractivity (Wildman–Crippen MR) is 135 cm³/mol. The molecule has 3 aromatic carbocycles. The van der Waals surface area contributed by atoms with Crippen molar-refractivity contribution < 1.29 is 70.6 Å². The third kappa shape index (κ3) is 6.23. The van der Waals surface area contributed by atoms with Crippen molar-refractivity contribution in [3.05, 3.63) is 78.9 Å². The Morgan fingerprint density at radius 3 is 1.27 bits per heavy atom. The summed E-state index contributed by atoms with van der Waals surface area (Å²) in [6.07, 6.45) is -7.29. The third-order valence-corrected chi connectivity index (χ3v) is 10.8. The molecular formula is C26H19F9O7S2. The molecule has 240 valence electrons. The molecule has 0 bridgehead atoms. The molecule has 44 heavy (non-hydrogen) atoms. The minimum Gasteiger partial charge on any atom is -0.427 e. The van der Waals surface area contributed by atoms with E-state index in [1.807, 2.05) is 0 Å². The van der Waals surface area contributed by atoms with E-state index in [9.17, 15) is 57.5 Å². The van der Waals surface area contributed by atoms with Gasteiger partial charge in [0.05, 0.1) is 0 Å². The van der Waals surface area contributed by atoms with Gasteiger partial charge in [-0.1, -0.05) is 18.2 Å². The molecule has 0 saturated carbocycles. The first kappa shape index (κ1) is 34.7. The van der Waals surface area contributed by atoms with Crippen LogP contribution in [0.25, 0.3) is 0 Å². The van der Waals surface area contributed by atoms with Gasteiger partial charge in [-0.25, -0.2) is 3.63 Å². The lowest BCUT2D eigenvalue weighted by atomic mass is 10.1. The molecule has 0 atom stereocenters. The van der Waals surface area contributed by atoms with E-state index in [1.165, 1.54) is 18.2 Å². The highest BCUT2D eigenvalue weighted by Gasteiger charge is 2.86. The van der Waals surface area contributed by atoms with Crippen molar-refractivity contribution in [1.82, 2.24) is 0 Å². The average molecular weight is 679 g/mol. The monoisotopic (exact) mass is 678 g/mol. The predicted octanol–water partition coefficient (Wildman–Crippen LogP) is 7.51. The smallest absolute Gasteiger partial charge is 0.427 e. The molecule has 3 rings (SSSR count). The lowest BCUT2D eigenvalue weighted by Crippen LogP contribution is -2.63. The van der Waals surface area contributed by atoms with Crippen molar-refractivity contribution >= 4 is 32.4 Å². The van der Waals surface area contributed by atoms with Crippen LogP contribution < -0.4 is 9.47 Å². The maximum absolute atomic E-state index is 15.0. The Balaban J connectivity index is 2.37. The van der Waals surface area contributed by atoms with Crippen molar-refractivity contribution in [2.24, 2.45) is 0 Å². The molecule has 0 aliphatic carbocycles. The number of hydrogen-bond acceptors (Lipinski definition) is 7. The number of esters is 2. The molecule has 0 amide bonds. The van der Waals surface area contributed by atoms with E-state index < -0.39 is 65.4 Å². The molecule has 0 saturated heterocycles. The lowest BCUT2D eigenvalue weighted by Gasteiger charge is -2.41. The fourth-order valence-corrected chi connectivity index (χ4v) is 8.76. The quantitative estimate of drug-likeness (QED) is 0.125. The van der Waals surface area contributed by atoms with Crippen LogP contribution in [0.5, 0.6) is 11.5 Å². The highest BCUT2D eigenvalue weighted by Crippen LogP contribution is 2.71. The molecule has 0 unspecified atom stereocenters. The van der Waals surface area contributed by atoms with Crippen LogP contribution in [0.2, 0.25) is 0 Å². The summed E-state index contributed by atoms with van der Waals surface area (Å²) in [4.78, 5) is 21.5. The van der Waals surface area contributed by atoms with E-state index in [0.717, 1.165) is 74.5 Å². The van der Waals surface area contributed by atoms with Gasteiger partial charge in [0, 0.05) is 28.5 Å². The van der Waals surface area contributed by atoms with Crippen LogP contribution in [0.3, 0.4) is 0 Å². The Morgan fingerprint density at radius 1 is 0.568 bits per heavy atom. The zero-order valence-corrected chi connectivity index (χ0v) is 23.7. The number of carbonyl (C=O) groups is 2. The summed E-state index contributed by atoms with van der Waals surface area (Å²) < 4.78 is 165. The van der Waals surface area contributed by atoms with Crippen LogP contribution in [0.4, 0.5) is 39.5 Å². The molecule has 0 fully saturated rings. The van der Waals surface area contributed by atoms with Gasteiger partial charge < -0.3 is 9.47 Å². The van der Waals surface area contributed by atoms with Crippen LogP contribution >= 0.6 is 10.3 Å². The van der Waals surface area contributed by atoms with E-state index >= 15 is 0 Å². The Labute approximate surface area is 245 Å². The minimum absolute atomic E-state index is 0.169. The number of benzene rings is 3. The average Bonchev–Trinajstić information content (AvgIpc) is 2.91. The normalized spacial score (nSPS) is 13.7. The fraction of sp³-hybridized carbons (Fsp3) is 0.231. The molecule has 18 heteroatoms. The van der Waals surface area contributed by atoms with Crippen LogP contribution in [0, 0.1) is 0 Å². The Kier molecular flexibility index (Phi) is 9.44. The number of ether oxygens (including phenoxy) is 2. The fourth-order valence-electron chi connectivity index (χ4n) is 3.56. The van der Waals surface area contributed by atoms with E-state index in [-0.39, 0.29) is 16.4 Å². The van der Waals surface area contributed by atoms with E-state index in [1.54, 1.807) is 0 Å². The van der Waals surface area contributed by atoms with E-state index in [2.05, 4.69) is 0 Å². The molecule has 0 N–H and O–H groups in total. The van der Waals surface area contributed by atoms with Gasteiger partial charge in [0.15, 0.2) is 0 Å². The summed E-state index contributed by atoms with van der Waals surface area (Å²) in [5, 5.41) is -7.17.